The Morgan fingerprint density at radius 1 is 1.16 bits per heavy atom. The molecule has 19 heavy (non-hydrogen) atoms. The molecule has 1 N–H and O–H groups in total. The van der Waals surface area contributed by atoms with Gasteiger partial charge in [0.05, 0.1) is 27.2 Å². The molecule has 0 saturated heterocycles. The van der Waals surface area contributed by atoms with E-state index in [-0.39, 0.29) is 12.3 Å². The van der Waals surface area contributed by atoms with Crippen molar-refractivity contribution in [2.45, 2.75) is 32.1 Å². The molecule has 0 bridgehead atoms. The molecule has 1 amide bonds. The summed E-state index contributed by atoms with van der Waals surface area (Å²) in [5.41, 5.74) is 0. The van der Waals surface area contributed by atoms with Gasteiger partial charge < -0.3 is 19.7 Å². The Hall–Kier alpha value is -1.36. The first-order chi connectivity index (χ1) is 8.87. The molecule has 0 aromatic carbocycles. The molecule has 0 spiro atoms. The van der Waals surface area contributed by atoms with Crippen LogP contribution in [0.5, 0.6) is 0 Å². The van der Waals surface area contributed by atoms with Gasteiger partial charge in [-0.1, -0.05) is 6.58 Å². The lowest BCUT2D eigenvalue weighted by atomic mass is 10.2. The van der Waals surface area contributed by atoms with Gasteiger partial charge in [-0.2, -0.15) is 0 Å². The van der Waals surface area contributed by atoms with Crippen LogP contribution in [0.4, 0.5) is 0 Å². The van der Waals surface area contributed by atoms with Crippen LogP contribution in [0.3, 0.4) is 0 Å². The van der Waals surface area contributed by atoms with Gasteiger partial charge in [0.2, 0.25) is 5.91 Å². The lowest BCUT2D eigenvalue weighted by Crippen LogP contribution is -2.42. The van der Waals surface area contributed by atoms with Crippen molar-refractivity contribution in [1.29, 1.82) is 0 Å². The molecule has 0 unspecified atom stereocenters. The standard InChI is InChI=1S/C14H26N2O3/c1-4-13(17)15-10-8-12-16(2,3)11-7-5-6-9-14(18)19/h4H,1,5-12H2,2-3H3,(H-,15,17,18,19). The zero-order valence-corrected chi connectivity index (χ0v) is 12.1. The molecule has 0 aliphatic rings. The monoisotopic (exact) mass is 270 g/mol. The van der Waals surface area contributed by atoms with E-state index in [0.717, 1.165) is 36.8 Å². The number of aliphatic carboxylic acids is 1. The molecule has 0 atom stereocenters. The van der Waals surface area contributed by atoms with E-state index in [1.54, 1.807) is 0 Å². The van der Waals surface area contributed by atoms with Crippen molar-refractivity contribution in [2.24, 2.45) is 0 Å². The zero-order chi connectivity index (χ0) is 14.7. The van der Waals surface area contributed by atoms with Gasteiger partial charge in [0, 0.05) is 18.9 Å². The maximum absolute atomic E-state index is 10.9. The average molecular weight is 270 g/mol. The molecule has 0 saturated carbocycles. The summed E-state index contributed by atoms with van der Waals surface area (Å²) in [4.78, 5) is 21.2. The minimum Gasteiger partial charge on any atom is -0.550 e. The van der Waals surface area contributed by atoms with Gasteiger partial charge in [-0.3, -0.25) is 4.79 Å². The van der Waals surface area contributed by atoms with E-state index in [0.29, 0.717) is 13.0 Å². The summed E-state index contributed by atoms with van der Waals surface area (Å²) >= 11 is 0. The van der Waals surface area contributed by atoms with Crippen LogP contribution in [0, 0.1) is 0 Å². The molecule has 5 nitrogen and oxygen atoms in total. The molecule has 0 aromatic rings. The third-order valence-corrected chi connectivity index (χ3v) is 3.07. The van der Waals surface area contributed by atoms with Gasteiger partial charge in [0.25, 0.3) is 0 Å². The van der Waals surface area contributed by atoms with Gasteiger partial charge in [-0.15, -0.1) is 0 Å². The highest BCUT2D eigenvalue weighted by atomic mass is 16.4. The second kappa shape index (κ2) is 9.55. The molecule has 0 aliphatic carbocycles. The quantitative estimate of drug-likeness (QED) is 0.328. The van der Waals surface area contributed by atoms with Crippen molar-refractivity contribution in [3.05, 3.63) is 12.7 Å². The number of nitrogens with zero attached hydrogens (tertiary/aromatic N) is 1. The highest BCUT2D eigenvalue weighted by Crippen LogP contribution is 2.06. The highest BCUT2D eigenvalue weighted by Gasteiger charge is 2.13. The van der Waals surface area contributed by atoms with E-state index in [1.165, 1.54) is 6.08 Å². The topological polar surface area (TPSA) is 69.2 Å². The van der Waals surface area contributed by atoms with Crippen molar-refractivity contribution in [3.8, 4) is 0 Å². The Bertz CT molecular complexity index is 301. The number of hydrogen-bond donors (Lipinski definition) is 1. The third-order valence-electron chi connectivity index (χ3n) is 3.07. The Balaban J connectivity index is 3.59. The van der Waals surface area contributed by atoms with E-state index in [9.17, 15) is 14.7 Å². The molecule has 0 fully saturated rings. The van der Waals surface area contributed by atoms with Crippen molar-refractivity contribution in [3.63, 3.8) is 0 Å². The highest BCUT2D eigenvalue weighted by molar-refractivity contribution is 5.86. The van der Waals surface area contributed by atoms with Crippen molar-refractivity contribution in [2.75, 3.05) is 33.7 Å². The molecule has 0 radical (unpaired) electrons. The predicted octanol–water partition coefficient (Wildman–Crippen LogP) is 0.0654. The molecule has 0 aliphatic heterocycles. The van der Waals surface area contributed by atoms with Gasteiger partial charge in [-0.25, -0.2) is 0 Å². The maximum atomic E-state index is 10.9. The van der Waals surface area contributed by atoms with E-state index >= 15 is 0 Å². The van der Waals surface area contributed by atoms with E-state index in [2.05, 4.69) is 26.0 Å². The summed E-state index contributed by atoms with van der Waals surface area (Å²) in [7, 11) is 4.29. The Labute approximate surface area is 115 Å². The Kier molecular flexibility index (Phi) is 8.87. The number of hydrogen-bond acceptors (Lipinski definition) is 3. The van der Waals surface area contributed by atoms with E-state index in [4.69, 9.17) is 0 Å². The van der Waals surface area contributed by atoms with Gasteiger partial charge in [0.15, 0.2) is 0 Å². The van der Waals surface area contributed by atoms with Gasteiger partial charge in [-0.05, 0) is 31.8 Å². The smallest absolute Gasteiger partial charge is 0.243 e. The fourth-order valence-electron chi connectivity index (χ4n) is 1.89. The minimum absolute atomic E-state index is 0.132. The third kappa shape index (κ3) is 11.5. The maximum Gasteiger partial charge on any atom is 0.243 e. The normalized spacial score (nSPS) is 11.1. The summed E-state index contributed by atoms with van der Waals surface area (Å²) in [6.07, 6.45) is 4.98. The average Bonchev–Trinajstić information content (AvgIpc) is 2.33. The van der Waals surface area contributed by atoms with Crippen LogP contribution in [0.1, 0.15) is 32.1 Å². The van der Waals surface area contributed by atoms with Crippen LogP contribution >= 0.6 is 0 Å². The first-order valence-electron chi connectivity index (χ1n) is 6.79. The van der Waals surface area contributed by atoms with E-state index < -0.39 is 5.97 Å². The number of unbranched alkanes of at least 4 members (excludes halogenated alkanes) is 2. The van der Waals surface area contributed by atoms with Crippen LogP contribution in [-0.2, 0) is 9.59 Å². The van der Waals surface area contributed by atoms with Gasteiger partial charge in [0.1, 0.15) is 0 Å². The second-order valence-corrected chi connectivity index (χ2v) is 5.41. The van der Waals surface area contributed by atoms with Crippen molar-refractivity contribution >= 4 is 11.9 Å². The lowest BCUT2D eigenvalue weighted by molar-refractivity contribution is -0.890. The number of quaternary nitrogens is 1. The van der Waals surface area contributed by atoms with Gasteiger partial charge >= 0.3 is 0 Å². The number of rotatable bonds is 11. The molecular weight excluding hydrogens is 244 g/mol. The predicted molar refractivity (Wildman–Crippen MR) is 73.1 cm³/mol. The van der Waals surface area contributed by atoms with Crippen LogP contribution in [0.25, 0.3) is 0 Å². The fourth-order valence-corrected chi connectivity index (χ4v) is 1.89. The molecule has 0 heterocycles. The second-order valence-electron chi connectivity index (χ2n) is 5.41. The number of carboxylic acid groups (broad SMARTS) is 1. The van der Waals surface area contributed by atoms with E-state index in [1.807, 2.05) is 0 Å². The largest absolute Gasteiger partial charge is 0.550 e. The summed E-state index contributed by atoms with van der Waals surface area (Å²) in [6.45, 7) is 6.06. The number of amides is 1. The first-order valence-corrected chi connectivity index (χ1v) is 6.79. The molecule has 110 valence electrons. The first kappa shape index (κ1) is 17.6. The summed E-state index contributed by atoms with van der Waals surface area (Å²) in [5, 5.41) is 13.0. The van der Waals surface area contributed by atoms with Crippen LogP contribution in [-0.4, -0.2) is 50.1 Å². The number of carboxylic acids is 1. The van der Waals surface area contributed by atoms with Crippen LogP contribution < -0.4 is 10.4 Å². The van der Waals surface area contributed by atoms with Crippen LogP contribution in [0.2, 0.25) is 0 Å². The Morgan fingerprint density at radius 3 is 2.37 bits per heavy atom. The summed E-state index contributed by atoms with van der Waals surface area (Å²) in [6, 6.07) is 0. The molecule has 5 heteroatoms. The SMILES string of the molecule is C=CC(=O)NCCC[N+](C)(C)CCCCCC(=O)[O-]. The summed E-state index contributed by atoms with van der Waals surface area (Å²) < 4.78 is 0.884. The molecule has 0 aromatic heterocycles. The number of nitrogens with one attached hydrogen (secondary N) is 1. The van der Waals surface area contributed by atoms with Crippen molar-refractivity contribution in [1.82, 2.24) is 5.32 Å². The van der Waals surface area contributed by atoms with Crippen LogP contribution in [0.15, 0.2) is 12.7 Å². The van der Waals surface area contributed by atoms with Crippen molar-refractivity contribution < 1.29 is 19.2 Å². The molecular formula is C14H26N2O3. The molecule has 0 rings (SSSR count). The zero-order valence-electron chi connectivity index (χ0n) is 12.1. The summed E-state index contributed by atoms with van der Waals surface area (Å²) in [5.74, 6) is -1.10. The minimum atomic E-state index is -0.966. The number of carbonyl (C=O) groups is 2. The Morgan fingerprint density at radius 2 is 1.79 bits per heavy atom. The lowest BCUT2D eigenvalue weighted by Gasteiger charge is -2.30. The number of carbonyl (C=O) groups excluding carboxylic acids is 2. The fraction of sp³-hybridized carbons (Fsp3) is 0.714.